The van der Waals surface area contributed by atoms with Crippen molar-refractivity contribution in [1.82, 2.24) is 10.2 Å². The van der Waals surface area contributed by atoms with E-state index >= 15 is 0 Å². The van der Waals surface area contributed by atoms with E-state index in [1.165, 1.54) is 0 Å². The van der Waals surface area contributed by atoms with Gasteiger partial charge in [0.25, 0.3) is 0 Å². The Morgan fingerprint density at radius 3 is 2.44 bits per heavy atom. The highest BCUT2D eigenvalue weighted by Crippen LogP contribution is 2.22. The van der Waals surface area contributed by atoms with Gasteiger partial charge in [-0.2, -0.15) is 0 Å². The van der Waals surface area contributed by atoms with Crippen LogP contribution in [0.4, 0.5) is 0 Å². The second-order valence-electron chi connectivity index (χ2n) is 6.66. The Kier molecular flexibility index (Phi) is 4.77. The van der Waals surface area contributed by atoms with Gasteiger partial charge in [-0.15, -0.1) is 0 Å². The zero-order chi connectivity index (χ0) is 13.9. The third kappa shape index (κ3) is 4.00. The average molecular weight is 254 g/mol. The molecule has 0 aliphatic carbocycles. The molecule has 0 spiro atoms. The topological polar surface area (TPSA) is 49.4 Å². The first-order chi connectivity index (χ1) is 8.22. The Hall–Kier alpha value is -1.06. The zero-order valence-corrected chi connectivity index (χ0v) is 12.2. The normalized spacial score (nSPS) is 21.4. The lowest BCUT2D eigenvalue weighted by Crippen LogP contribution is -2.60. The maximum atomic E-state index is 11.9. The van der Waals surface area contributed by atoms with Gasteiger partial charge in [-0.1, -0.05) is 34.6 Å². The molecule has 1 aliphatic heterocycles. The molecule has 0 saturated carbocycles. The van der Waals surface area contributed by atoms with Crippen molar-refractivity contribution in [2.75, 3.05) is 13.1 Å². The van der Waals surface area contributed by atoms with E-state index in [2.05, 4.69) is 26.1 Å². The number of hydrogen-bond donors (Lipinski definition) is 1. The molecule has 1 fully saturated rings. The monoisotopic (exact) mass is 254 g/mol. The highest BCUT2D eigenvalue weighted by atomic mass is 16.2. The molecule has 2 amide bonds. The van der Waals surface area contributed by atoms with Gasteiger partial charge < -0.3 is 10.2 Å². The Morgan fingerprint density at radius 1 is 1.33 bits per heavy atom. The van der Waals surface area contributed by atoms with Gasteiger partial charge in [-0.05, 0) is 24.2 Å². The summed E-state index contributed by atoms with van der Waals surface area (Å²) in [5, 5.41) is 2.67. The quantitative estimate of drug-likeness (QED) is 0.831. The van der Waals surface area contributed by atoms with E-state index in [9.17, 15) is 9.59 Å². The Labute approximate surface area is 110 Å². The Balaban J connectivity index is 2.63. The summed E-state index contributed by atoms with van der Waals surface area (Å²) < 4.78 is 0. The molecular formula is C14H26N2O2. The van der Waals surface area contributed by atoms with Gasteiger partial charge in [0.05, 0.1) is 6.54 Å². The van der Waals surface area contributed by atoms with Crippen LogP contribution >= 0.6 is 0 Å². The van der Waals surface area contributed by atoms with E-state index in [-0.39, 0.29) is 35.7 Å². The van der Waals surface area contributed by atoms with Crippen molar-refractivity contribution in [2.24, 2.45) is 11.3 Å². The molecule has 1 unspecified atom stereocenters. The van der Waals surface area contributed by atoms with Crippen LogP contribution in [0.1, 0.15) is 47.5 Å². The van der Waals surface area contributed by atoms with Gasteiger partial charge in [-0.25, -0.2) is 0 Å². The second-order valence-corrected chi connectivity index (χ2v) is 6.66. The SMILES string of the molecule is CC(C)C1C(=O)NCC(=O)N1CCCC(C)(C)C. The fourth-order valence-electron chi connectivity index (χ4n) is 2.37. The van der Waals surface area contributed by atoms with Crippen molar-refractivity contribution in [3.05, 3.63) is 0 Å². The Morgan fingerprint density at radius 2 is 1.94 bits per heavy atom. The number of nitrogens with zero attached hydrogens (tertiary/aromatic N) is 1. The molecule has 1 N–H and O–H groups in total. The maximum Gasteiger partial charge on any atom is 0.243 e. The first-order valence-corrected chi connectivity index (χ1v) is 6.79. The molecule has 1 rings (SSSR count). The largest absolute Gasteiger partial charge is 0.345 e. The van der Waals surface area contributed by atoms with Gasteiger partial charge >= 0.3 is 0 Å². The molecule has 1 aliphatic rings. The van der Waals surface area contributed by atoms with E-state index < -0.39 is 0 Å². The van der Waals surface area contributed by atoms with Crippen LogP contribution in [0.15, 0.2) is 0 Å². The highest BCUT2D eigenvalue weighted by molar-refractivity contribution is 5.94. The van der Waals surface area contributed by atoms with Gasteiger partial charge in [0.15, 0.2) is 0 Å². The van der Waals surface area contributed by atoms with Crippen LogP contribution in [0.3, 0.4) is 0 Å². The number of piperazine rings is 1. The van der Waals surface area contributed by atoms with Crippen LogP contribution in [0.2, 0.25) is 0 Å². The van der Waals surface area contributed by atoms with Gasteiger partial charge in [0.1, 0.15) is 6.04 Å². The molecule has 0 aromatic carbocycles. The van der Waals surface area contributed by atoms with Gasteiger partial charge in [0.2, 0.25) is 11.8 Å². The number of carbonyl (C=O) groups is 2. The van der Waals surface area contributed by atoms with E-state index in [1.54, 1.807) is 4.90 Å². The van der Waals surface area contributed by atoms with Crippen LogP contribution in [-0.2, 0) is 9.59 Å². The third-order valence-corrected chi connectivity index (χ3v) is 3.30. The summed E-state index contributed by atoms with van der Waals surface area (Å²) in [5.74, 6) is 0.187. The van der Waals surface area contributed by atoms with E-state index in [0.717, 1.165) is 12.8 Å². The molecule has 104 valence electrons. The van der Waals surface area contributed by atoms with Gasteiger partial charge in [-0.3, -0.25) is 9.59 Å². The van der Waals surface area contributed by atoms with Gasteiger partial charge in [0, 0.05) is 6.54 Å². The van der Waals surface area contributed by atoms with Crippen molar-refractivity contribution in [1.29, 1.82) is 0 Å². The summed E-state index contributed by atoms with van der Waals surface area (Å²) in [4.78, 5) is 25.5. The third-order valence-electron chi connectivity index (χ3n) is 3.30. The molecular weight excluding hydrogens is 228 g/mol. The molecule has 0 aromatic rings. The lowest BCUT2D eigenvalue weighted by atomic mass is 9.90. The van der Waals surface area contributed by atoms with Crippen molar-refractivity contribution >= 4 is 11.8 Å². The first-order valence-electron chi connectivity index (χ1n) is 6.79. The highest BCUT2D eigenvalue weighted by Gasteiger charge is 2.36. The molecule has 1 saturated heterocycles. The standard InChI is InChI=1S/C14H26N2O2/c1-10(2)12-13(18)15-9-11(17)16(12)8-6-7-14(3,4)5/h10,12H,6-9H2,1-5H3,(H,15,18). The minimum absolute atomic E-state index is 0.0136. The van der Waals surface area contributed by atoms with Crippen molar-refractivity contribution in [3.63, 3.8) is 0 Å². The van der Waals surface area contributed by atoms with Crippen LogP contribution in [0, 0.1) is 11.3 Å². The summed E-state index contributed by atoms with van der Waals surface area (Å²) in [7, 11) is 0. The van der Waals surface area contributed by atoms with Crippen LogP contribution in [0.5, 0.6) is 0 Å². The number of amides is 2. The minimum atomic E-state index is -0.300. The molecule has 0 aromatic heterocycles. The average Bonchev–Trinajstić information content (AvgIpc) is 2.20. The molecule has 18 heavy (non-hydrogen) atoms. The molecule has 1 atom stereocenters. The van der Waals surface area contributed by atoms with Crippen LogP contribution in [-0.4, -0.2) is 35.8 Å². The van der Waals surface area contributed by atoms with E-state index in [1.807, 2.05) is 13.8 Å². The summed E-state index contributed by atoms with van der Waals surface area (Å²) in [5.41, 5.74) is 0.272. The maximum absolute atomic E-state index is 11.9. The number of carbonyl (C=O) groups excluding carboxylic acids is 2. The summed E-state index contributed by atoms with van der Waals surface area (Å²) in [6.07, 6.45) is 2.01. The van der Waals surface area contributed by atoms with E-state index in [0.29, 0.717) is 6.54 Å². The molecule has 4 nitrogen and oxygen atoms in total. The van der Waals surface area contributed by atoms with Crippen molar-refractivity contribution in [3.8, 4) is 0 Å². The van der Waals surface area contributed by atoms with Crippen molar-refractivity contribution in [2.45, 2.75) is 53.5 Å². The molecule has 0 radical (unpaired) electrons. The molecule has 0 bridgehead atoms. The summed E-state index contributed by atoms with van der Waals surface area (Å²) >= 11 is 0. The molecule has 1 heterocycles. The zero-order valence-electron chi connectivity index (χ0n) is 12.2. The Bertz CT molecular complexity index is 318. The lowest BCUT2D eigenvalue weighted by Gasteiger charge is -2.37. The lowest BCUT2D eigenvalue weighted by molar-refractivity contribution is -0.147. The molecule has 4 heteroatoms. The summed E-state index contributed by atoms with van der Waals surface area (Å²) in [6.45, 7) is 11.4. The van der Waals surface area contributed by atoms with E-state index in [4.69, 9.17) is 0 Å². The summed E-state index contributed by atoms with van der Waals surface area (Å²) in [6, 6.07) is -0.300. The smallest absolute Gasteiger partial charge is 0.243 e. The first kappa shape index (κ1) is 15.0. The predicted molar refractivity (Wildman–Crippen MR) is 72.0 cm³/mol. The minimum Gasteiger partial charge on any atom is -0.345 e. The van der Waals surface area contributed by atoms with Crippen LogP contribution < -0.4 is 5.32 Å². The second kappa shape index (κ2) is 5.72. The fraction of sp³-hybridized carbons (Fsp3) is 0.857. The number of rotatable bonds is 4. The fourth-order valence-corrected chi connectivity index (χ4v) is 2.37. The number of nitrogens with one attached hydrogen (secondary N) is 1. The predicted octanol–water partition coefficient (Wildman–Crippen LogP) is 1.80. The number of hydrogen-bond acceptors (Lipinski definition) is 2. The van der Waals surface area contributed by atoms with Crippen LogP contribution in [0.25, 0.3) is 0 Å². The van der Waals surface area contributed by atoms with Crippen molar-refractivity contribution < 1.29 is 9.59 Å².